The fraction of sp³-hybridized carbons (Fsp3) is 0.500. The second-order valence-electron chi connectivity index (χ2n) is 12.9. The van der Waals surface area contributed by atoms with Crippen LogP contribution in [0.2, 0.25) is 5.02 Å². The molecule has 0 saturated carbocycles. The minimum atomic E-state index is -1.19. The molecular formula is C38H48ClN3O6. The van der Waals surface area contributed by atoms with Crippen LogP contribution in [0.25, 0.3) is 0 Å². The van der Waals surface area contributed by atoms with E-state index in [-0.39, 0.29) is 37.4 Å². The van der Waals surface area contributed by atoms with Crippen molar-refractivity contribution in [3.8, 4) is 5.75 Å². The van der Waals surface area contributed by atoms with Gasteiger partial charge in [-0.15, -0.1) is 13.2 Å². The van der Waals surface area contributed by atoms with Gasteiger partial charge in [0.05, 0.1) is 34.8 Å². The van der Waals surface area contributed by atoms with Crippen LogP contribution >= 0.6 is 11.6 Å². The van der Waals surface area contributed by atoms with E-state index < -0.39 is 29.1 Å². The third-order valence-electron chi connectivity index (χ3n) is 10.2. The SMILES string of the molecule is C=CCN(C(=O)[C@H]1[C@H]2C(=O)N(CCCCCCO)C(C(=O)N(CC=C)c3ccccc3Cl)C23CC[C@]1(CC)O3)c1ccc(OCC)cc1. The summed E-state index contributed by atoms with van der Waals surface area (Å²) in [5, 5.41) is 9.70. The monoisotopic (exact) mass is 677 g/mol. The molecule has 258 valence electrons. The number of para-hydroxylation sites is 1. The molecule has 10 heteroatoms. The summed E-state index contributed by atoms with van der Waals surface area (Å²) >= 11 is 6.62. The van der Waals surface area contributed by atoms with Gasteiger partial charge in [0.2, 0.25) is 11.8 Å². The lowest BCUT2D eigenvalue weighted by atomic mass is 9.64. The van der Waals surface area contributed by atoms with Crippen LogP contribution in [-0.4, -0.2) is 77.8 Å². The molecule has 5 rings (SSSR count). The highest BCUT2D eigenvalue weighted by molar-refractivity contribution is 6.34. The van der Waals surface area contributed by atoms with Crippen molar-refractivity contribution in [2.45, 2.75) is 76.0 Å². The zero-order chi connectivity index (χ0) is 34.5. The second-order valence-corrected chi connectivity index (χ2v) is 13.3. The van der Waals surface area contributed by atoms with Crippen molar-refractivity contribution in [1.29, 1.82) is 0 Å². The highest BCUT2D eigenvalue weighted by atomic mass is 35.5. The molecule has 3 heterocycles. The minimum absolute atomic E-state index is 0.107. The Bertz CT molecular complexity index is 1500. The smallest absolute Gasteiger partial charge is 0.253 e. The van der Waals surface area contributed by atoms with Gasteiger partial charge in [-0.2, -0.15) is 0 Å². The quantitative estimate of drug-likeness (QED) is 0.159. The number of unbranched alkanes of at least 4 members (excludes halogenated alkanes) is 3. The number of anilines is 2. The Morgan fingerprint density at radius 1 is 1.00 bits per heavy atom. The first kappa shape index (κ1) is 35.6. The number of carbonyl (C=O) groups is 3. The number of ether oxygens (including phenoxy) is 2. The van der Waals surface area contributed by atoms with Crippen molar-refractivity contribution in [2.75, 3.05) is 42.6 Å². The Hall–Kier alpha value is -3.66. The number of aliphatic hydroxyl groups is 1. The first-order valence-corrected chi connectivity index (χ1v) is 17.5. The number of aliphatic hydroxyl groups excluding tert-OH is 1. The number of hydrogen-bond acceptors (Lipinski definition) is 6. The van der Waals surface area contributed by atoms with Gasteiger partial charge in [-0.1, -0.05) is 55.7 Å². The van der Waals surface area contributed by atoms with Crippen molar-refractivity contribution >= 4 is 40.7 Å². The summed E-state index contributed by atoms with van der Waals surface area (Å²) in [5.41, 5.74) is -0.894. The lowest BCUT2D eigenvalue weighted by Crippen LogP contribution is -2.56. The molecule has 0 aromatic heterocycles. The van der Waals surface area contributed by atoms with Gasteiger partial charge in [-0.05, 0) is 75.4 Å². The molecule has 5 atom stereocenters. The lowest BCUT2D eigenvalue weighted by molar-refractivity contribution is -0.146. The number of fused-ring (bicyclic) bond motifs is 1. The van der Waals surface area contributed by atoms with Gasteiger partial charge in [0.15, 0.2) is 0 Å². The summed E-state index contributed by atoms with van der Waals surface area (Å²) in [4.78, 5) is 49.4. The topological polar surface area (TPSA) is 99.6 Å². The molecule has 3 aliphatic rings. The standard InChI is InChI=1S/C38H48ClN3O6/c1-5-23-40(27-17-19-28(20-18-27)47-8-4)34(44)31-32-35(45)42(25-13-9-10-14-26-43)33(38(32)22-21-37(31,7-3)48-38)36(46)41(24-6-2)30-16-12-11-15-29(30)39/h5-6,11-12,15-20,31-33,43H,1-2,7-10,13-14,21-26H2,3-4H3/t31-,32+,33?,37+,38?/m1/s1. The summed E-state index contributed by atoms with van der Waals surface area (Å²) in [6, 6.07) is 13.5. The molecule has 3 aliphatic heterocycles. The minimum Gasteiger partial charge on any atom is -0.494 e. The largest absolute Gasteiger partial charge is 0.494 e. The maximum Gasteiger partial charge on any atom is 0.253 e. The fourth-order valence-corrected chi connectivity index (χ4v) is 8.36. The van der Waals surface area contributed by atoms with Gasteiger partial charge in [0, 0.05) is 31.9 Å². The Labute approximate surface area is 289 Å². The highest BCUT2D eigenvalue weighted by Gasteiger charge is 2.79. The number of benzene rings is 2. The van der Waals surface area contributed by atoms with Crippen molar-refractivity contribution in [3.63, 3.8) is 0 Å². The van der Waals surface area contributed by atoms with E-state index in [2.05, 4.69) is 13.2 Å². The van der Waals surface area contributed by atoms with E-state index in [0.717, 1.165) is 12.8 Å². The zero-order valence-corrected chi connectivity index (χ0v) is 28.9. The Balaban J connectivity index is 1.57. The second kappa shape index (κ2) is 15.3. The molecule has 2 aromatic rings. The van der Waals surface area contributed by atoms with Crippen LogP contribution in [0.1, 0.15) is 58.8 Å². The van der Waals surface area contributed by atoms with Crippen LogP contribution in [0.4, 0.5) is 11.4 Å². The first-order valence-electron chi connectivity index (χ1n) is 17.2. The van der Waals surface area contributed by atoms with Crippen molar-refractivity contribution in [3.05, 3.63) is 78.9 Å². The molecule has 3 saturated heterocycles. The summed E-state index contributed by atoms with van der Waals surface area (Å²) in [6.45, 7) is 13.1. The number of likely N-dealkylation sites (tertiary alicyclic amines) is 1. The third-order valence-corrected chi connectivity index (χ3v) is 10.6. The van der Waals surface area contributed by atoms with Gasteiger partial charge in [0.1, 0.15) is 17.4 Å². The number of halogens is 1. The normalized spacial score (nSPS) is 25.5. The Morgan fingerprint density at radius 3 is 2.33 bits per heavy atom. The van der Waals surface area contributed by atoms with Gasteiger partial charge in [-0.3, -0.25) is 14.4 Å². The van der Waals surface area contributed by atoms with Crippen molar-refractivity contribution in [1.82, 2.24) is 4.90 Å². The molecule has 0 radical (unpaired) electrons. The summed E-state index contributed by atoms with van der Waals surface area (Å²) < 4.78 is 12.7. The first-order chi connectivity index (χ1) is 23.2. The van der Waals surface area contributed by atoms with Crippen LogP contribution < -0.4 is 14.5 Å². The van der Waals surface area contributed by atoms with E-state index in [1.54, 1.807) is 45.1 Å². The van der Waals surface area contributed by atoms with Crippen molar-refractivity contribution < 1.29 is 29.0 Å². The maximum absolute atomic E-state index is 14.9. The molecule has 2 bridgehead atoms. The predicted octanol–water partition coefficient (Wildman–Crippen LogP) is 6.18. The number of amides is 3. The fourth-order valence-electron chi connectivity index (χ4n) is 8.12. The van der Waals surface area contributed by atoms with Crippen LogP contribution in [-0.2, 0) is 19.1 Å². The lowest BCUT2D eigenvalue weighted by Gasteiger charge is -2.37. The van der Waals surface area contributed by atoms with Crippen LogP contribution in [0, 0.1) is 11.8 Å². The van der Waals surface area contributed by atoms with Gasteiger partial charge in [0.25, 0.3) is 5.91 Å². The van der Waals surface area contributed by atoms with Crippen LogP contribution in [0.5, 0.6) is 5.75 Å². The number of carbonyl (C=O) groups excluding carboxylic acids is 3. The van der Waals surface area contributed by atoms with E-state index in [1.807, 2.05) is 44.2 Å². The molecule has 1 spiro atoms. The Kier molecular flexibility index (Phi) is 11.3. The maximum atomic E-state index is 14.9. The van der Waals surface area contributed by atoms with E-state index >= 15 is 0 Å². The average Bonchev–Trinajstić information content (AvgIpc) is 3.70. The summed E-state index contributed by atoms with van der Waals surface area (Å²) in [7, 11) is 0. The zero-order valence-electron chi connectivity index (χ0n) is 28.1. The summed E-state index contributed by atoms with van der Waals surface area (Å²) in [6.07, 6.45) is 7.79. The molecular weight excluding hydrogens is 630 g/mol. The summed E-state index contributed by atoms with van der Waals surface area (Å²) in [5.74, 6) is -1.68. The Morgan fingerprint density at radius 2 is 1.69 bits per heavy atom. The average molecular weight is 678 g/mol. The number of nitrogens with zero attached hydrogens (tertiary/aromatic N) is 3. The van der Waals surface area contributed by atoms with Crippen LogP contribution in [0.3, 0.4) is 0 Å². The highest BCUT2D eigenvalue weighted by Crippen LogP contribution is 2.65. The van der Waals surface area contributed by atoms with Crippen LogP contribution in [0.15, 0.2) is 73.8 Å². The van der Waals surface area contributed by atoms with Gasteiger partial charge in [-0.25, -0.2) is 0 Å². The van der Waals surface area contributed by atoms with Gasteiger partial charge < -0.3 is 29.3 Å². The molecule has 0 aliphatic carbocycles. The van der Waals surface area contributed by atoms with E-state index in [9.17, 15) is 19.5 Å². The van der Waals surface area contributed by atoms with E-state index in [0.29, 0.717) is 67.4 Å². The molecule has 2 aromatic carbocycles. The van der Waals surface area contributed by atoms with E-state index in [4.69, 9.17) is 21.1 Å². The van der Waals surface area contributed by atoms with Crippen molar-refractivity contribution in [2.24, 2.45) is 11.8 Å². The van der Waals surface area contributed by atoms with Gasteiger partial charge >= 0.3 is 0 Å². The predicted molar refractivity (Wildman–Crippen MR) is 188 cm³/mol. The third kappa shape index (κ3) is 6.28. The molecule has 3 amide bonds. The molecule has 9 nitrogen and oxygen atoms in total. The molecule has 48 heavy (non-hydrogen) atoms. The molecule has 1 N–H and O–H groups in total. The number of hydrogen-bond donors (Lipinski definition) is 1. The molecule has 2 unspecified atom stereocenters. The molecule has 3 fully saturated rings. The van der Waals surface area contributed by atoms with E-state index in [1.165, 1.54) is 0 Å². The number of rotatable bonds is 17.